The summed E-state index contributed by atoms with van der Waals surface area (Å²) in [5.74, 6) is 0.340. The van der Waals surface area contributed by atoms with Crippen LogP contribution in [0.2, 0.25) is 0 Å². The van der Waals surface area contributed by atoms with Crippen molar-refractivity contribution in [3.05, 3.63) is 71.3 Å². The van der Waals surface area contributed by atoms with Gasteiger partial charge in [0.1, 0.15) is 11.5 Å². The average molecular weight is 466 g/mol. The summed E-state index contributed by atoms with van der Waals surface area (Å²) in [5, 5.41) is 0. The van der Waals surface area contributed by atoms with E-state index in [2.05, 4.69) is 30.7 Å². The number of aryl methyl sites for hydroxylation is 2. The van der Waals surface area contributed by atoms with Crippen LogP contribution in [0.4, 0.5) is 0 Å². The maximum Gasteiger partial charge on any atom is 0.235 e. The summed E-state index contributed by atoms with van der Waals surface area (Å²) >= 11 is 0. The van der Waals surface area contributed by atoms with Crippen LogP contribution >= 0.6 is 0 Å². The van der Waals surface area contributed by atoms with Crippen LogP contribution in [0.1, 0.15) is 29.0 Å². The normalized spacial score (nSPS) is 17.3. The number of ether oxygens (including phenoxy) is 2. The Morgan fingerprint density at radius 2 is 1.55 bits per heavy atom. The van der Waals surface area contributed by atoms with Gasteiger partial charge >= 0.3 is 0 Å². The maximum absolute atomic E-state index is 12.0. The fraction of sp³-hybridized carbons (Fsp3) is 0.269. The highest BCUT2D eigenvalue weighted by atomic mass is 32.2. The minimum absolute atomic E-state index is 0.112. The summed E-state index contributed by atoms with van der Waals surface area (Å²) in [6, 6.07) is 18.0. The van der Waals surface area contributed by atoms with Crippen molar-refractivity contribution in [2.45, 2.75) is 26.2 Å². The Morgan fingerprint density at radius 3 is 2.18 bits per heavy atom. The van der Waals surface area contributed by atoms with E-state index in [-0.39, 0.29) is 12.2 Å². The maximum atomic E-state index is 12.0. The van der Waals surface area contributed by atoms with Crippen LogP contribution in [0.5, 0.6) is 11.5 Å². The van der Waals surface area contributed by atoms with Gasteiger partial charge in [-0.15, -0.1) is 0 Å². The third kappa shape index (κ3) is 4.73. The van der Waals surface area contributed by atoms with Crippen LogP contribution in [0.15, 0.2) is 54.6 Å². The molecule has 6 nitrogen and oxygen atoms in total. The van der Waals surface area contributed by atoms with Gasteiger partial charge in [0.2, 0.25) is 15.9 Å². The van der Waals surface area contributed by atoms with Gasteiger partial charge in [-0.25, -0.2) is 8.42 Å². The van der Waals surface area contributed by atoms with Crippen LogP contribution in [0.25, 0.3) is 22.3 Å². The molecule has 1 saturated heterocycles. The Morgan fingerprint density at radius 1 is 0.879 bits per heavy atom. The molecule has 0 saturated carbocycles. The quantitative estimate of drug-likeness (QED) is 0.596. The fourth-order valence-corrected chi connectivity index (χ4v) is 5.92. The van der Waals surface area contributed by atoms with Crippen molar-refractivity contribution in [2.24, 2.45) is 0 Å². The largest absolute Gasteiger partial charge is 0.497 e. The molecule has 7 heteroatoms. The fourth-order valence-electron chi connectivity index (χ4n) is 4.58. The Labute approximate surface area is 194 Å². The molecule has 0 bridgehead atoms. The van der Waals surface area contributed by atoms with Crippen molar-refractivity contribution in [1.29, 1.82) is 0 Å². The number of rotatable bonds is 5. The highest BCUT2D eigenvalue weighted by molar-refractivity contribution is 7.90. The smallest absolute Gasteiger partial charge is 0.235 e. The van der Waals surface area contributed by atoms with Gasteiger partial charge in [-0.05, 0) is 77.1 Å². The highest BCUT2D eigenvalue weighted by Crippen LogP contribution is 2.37. The van der Waals surface area contributed by atoms with E-state index in [0.29, 0.717) is 5.75 Å². The number of sulfonamides is 1. The molecule has 172 valence electrons. The molecule has 33 heavy (non-hydrogen) atoms. The molecule has 1 unspecified atom stereocenters. The van der Waals surface area contributed by atoms with Crippen LogP contribution in [0, 0.1) is 13.8 Å². The summed E-state index contributed by atoms with van der Waals surface area (Å²) in [4.78, 5) is 11.9. The molecule has 0 aromatic heterocycles. The van der Waals surface area contributed by atoms with Crippen molar-refractivity contribution in [1.82, 2.24) is 4.72 Å². The molecule has 1 heterocycles. The van der Waals surface area contributed by atoms with Gasteiger partial charge in [-0.3, -0.25) is 9.52 Å². The summed E-state index contributed by atoms with van der Waals surface area (Å²) in [5.41, 5.74) is 7.22. The zero-order valence-corrected chi connectivity index (χ0v) is 20.0. The molecule has 1 amide bonds. The highest BCUT2D eigenvalue weighted by Gasteiger charge is 2.32. The van der Waals surface area contributed by atoms with Gasteiger partial charge in [0, 0.05) is 12.3 Å². The van der Waals surface area contributed by atoms with Crippen molar-refractivity contribution >= 4 is 15.9 Å². The van der Waals surface area contributed by atoms with E-state index >= 15 is 0 Å². The first-order valence-corrected chi connectivity index (χ1v) is 12.3. The Hall–Kier alpha value is -3.32. The van der Waals surface area contributed by atoms with E-state index in [1.54, 1.807) is 14.2 Å². The second kappa shape index (κ2) is 8.90. The molecule has 1 aliphatic heterocycles. The number of carbonyl (C=O) groups is 1. The third-order valence-corrected chi connectivity index (χ3v) is 7.40. The minimum Gasteiger partial charge on any atom is -0.497 e. The second-order valence-corrected chi connectivity index (χ2v) is 10.1. The first-order valence-electron chi connectivity index (χ1n) is 10.7. The van der Waals surface area contributed by atoms with Crippen molar-refractivity contribution in [3.8, 4) is 33.8 Å². The predicted molar refractivity (Wildman–Crippen MR) is 129 cm³/mol. The molecule has 1 fully saturated rings. The Kier molecular flexibility index (Phi) is 6.17. The first-order chi connectivity index (χ1) is 15.7. The third-order valence-electron chi connectivity index (χ3n) is 6.02. The summed E-state index contributed by atoms with van der Waals surface area (Å²) in [6.07, 6.45) is 0.112. The Balaban J connectivity index is 1.72. The lowest BCUT2D eigenvalue weighted by Crippen LogP contribution is -2.40. The zero-order chi connectivity index (χ0) is 23.8. The molecule has 4 rings (SSSR count). The lowest BCUT2D eigenvalue weighted by Gasteiger charge is -2.24. The number of carbonyl (C=O) groups excluding carboxylic acids is 1. The molecule has 3 aromatic carbocycles. The molecule has 1 atom stereocenters. The number of benzene rings is 3. The number of hydrogen-bond acceptors (Lipinski definition) is 5. The summed E-state index contributed by atoms with van der Waals surface area (Å²) in [7, 11) is -0.407. The van der Waals surface area contributed by atoms with Crippen LogP contribution < -0.4 is 14.2 Å². The van der Waals surface area contributed by atoms with Gasteiger partial charge in [-0.1, -0.05) is 30.3 Å². The average Bonchev–Trinajstić information content (AvgIpc) is 2.77. The standard InChI is InChI=1S/C26H27NO5S/c1-16-10-22(31-3)11-17(2)26(16)20-7-5-6-18(12-20)19-8-9-23(24(13-19)32-4)21-14-25(28)27-33(29,30)15-21/h5-13,21H,14-15H2,1-4H3,(H,27,28). The number of methoxy groups -OCH3 is 2. The van der Waals surface area contributed by atoms with Crippen molar-refractivity contribution in [2.75, 3.05) is 20.0 Å². The van der Waals surface area contributed by atoms with Crippen molar-refractivity contribution in [3.63, 3.8) is 0 Å². The predicted octanol–water partition coefficient (Wildman–Crippen LogP) is 4.59. The van der Waals surface area contributed by atoms with E-state index < -0.39 is 21.8 Å². The van der Waals surface area contributed by atoms with E-state index in [4.69, 9.17) is 9.47 Å². The number of amides is 1. The Bertz CT molecular complexity index is 1310. The van der Waals surface area contributed by atoms with Gasteiger partial charge in [0.15, 0.2) is 0 Å². The zero-order valence-electron chi connectivity index (χ0n) is 19.1. The second-order valence-electron chi connectivity index (χ2n) is 8.38. The van der Waals surface area contributed by atoms with E-state index in [1.807, 2.05) is 42.5 Å². The van der Waals surface area contributed by atoms with Gasteiger partial charge in [0.25, 0.3) is 0 Å². The lowest BCUT2D eigenvalue weighted by atomic mass is 9.91. The van der Waals surface area contributed by atoms with Crippen molar-refractivity contribution < 1.29 is 22.7 Å². The minimum atomic E-state index is -3.63. The molecule has 1 aliphatic rings. The van der Waals surface area contributed by atoms with Gasteiger partial charge in [0.05, 0.1) is 20.0 Å². The van der Waals surface area contributed by atoms with Crippen LogP contribution in [0.3, 0.4) is 0 Å². The number of hydrogen-bond donors (Lipinski definition) is 1. The lowest BCUT2D eigenvalue weighted by molar-refractivity contribution is -0.119. The van der Waals surface area contributed by atoms with Gasteiger partial charge in [-0.2, -0.15) is 0 Å². The summed E-state index contributed by atoms with van der Waals surface area (Å²) < 4.78 is 37.1. The van der Waals surface area contributed by atoms with E-state index in [9.17, 15) is 13.2 Å². The molecular formula is C26H27NO5S. The van der Waals surface area contributed by atoms with E-state index in [0.717, 1.165) is 39.1 Å². The first kappa shape index (κ1) is 22.9. The molecule has 0 spiro atoms. The SMILES string of the molecule is COc1cc(C)c(-c2cccc(-c3ccc(C4CC(=O)NS(=O)(=O)C4)c(OC)c3)c2)c(C)c1. The van der Waals surface area contributed by atoms with E-state index in [1.165, 1.54) is 5.56 Å². The molecule has 1 N–H and O–H groups in total. The summed E-state index contributed by atoms with van der Waals surface area (Å²) in [6.45, 7) is 4.15. The molecule has 0 aliphatic carbocycles. The topological polar surface area (TPSA) is 81.7 Å². The monoisotopic (exact) mass is 465 g/mol. The molecule has 3 aromatic rings. The molecular weight excluding hydrogens is 438 g/mol. The molecule has 0 radical (unpaired) electrons. The van der Waals surface area contributed by atoms with Gasteiger partial charge < -0.3 is 9.47 Å². The number of nitrogens with one attached hydrogen (secondary N) is 1. The van der Waals surface area contributed by atoms with Crippen LogP contribution in [-0.4, -0.2) is 34.3 Å². The van der Waals surface area contributed by atoms with Crippen LogP contribution in [-0.2, 0) is 14.8 Å².